The lowest BCUT2D eigenvalue weighted by Gasteiger charge is -2.39. The number of hydrogen-bond donors (Lipinski definition) is 2. The van der Waals surface area contributed by atoms with Crippen molar-refractivity contribution in [2.45, 2.75) is 24.8 Å². The molecule has 0 atom stereocenters. The van der Waals surface area contributed by atoms with Gasteiger partial charge in [-0.1, -0.05) is 11.6 Å². The fourth-order valence-electron chi connectivity index (χ4n) is 2.47. The predicted octanol–water partition coefficient (Wildman–Crippen LogP) is 2.22. The molecule has 0 unspecified atom stereocenters. The van der Waals surface area contributed by atoms with Crippen LogP contribution in [0.15, 0.2) is 28.9 Å². The van der Waals surface area contributed by atoms with Gasteiger partial charge in [0.05, 0.1) is 16.8 Å². The first-order valence-electron chi connectivity index (χ1n) is 6.32. The molecule has 1 saturated carbocycles. The third kappa shape index (κ3) is 1.86. The van der Waals surface area contributed by atoms with E-state index in [9.17, 15) is 9.59 Å². The van der Waals surface area contributed by atoms with E-state index in [2.05, 4.69) is 5.32 Å². The van der Waals surface area contributed by atoms with Gasteiger partial charge in [-0.25, -0.2) is 0 Å². The number of hydrogen-bond acceptors (Lipinski definition) is 3. The summed E-state index contributed by atoms with van der Waals surface area (Å²) in [7, 11) is 0. The second-order valence-electron chi connectivity index (χ2n) is 5.01. The van der Waals surface area contributed by atoms with E-state index in [0.717, 1.165) is 6.42 Å². The van der Waals surface area contributed by atoms with Crippen molar-refractivity contribution in [2.75, 3.05) is 0 Å². The van der Waals surface area contributed by atoms with Gasteiger partial charge < -0.3 is 15.5 Å². The molecule has 6 heteroatoms. The molecule has 0 spiro atoms. The number of furan rings is 1. The van der Waals surface area contributed by atoms with Crippen LogP contribution in [0.4, 0.5) is 0 Å². The highest BCUT2D eigenvalue weighted by Crippen LogP contribution is 2.33. The lowest BCUT2D eigenvalue weighted by molar-refractivity contribution is -0.127. The number of carbonyl (C=O) groups excluding carboxylic acids is 2. The van der Waals surface area contributed by atoms with E-state index in [1.54, 1.807) is 18.2 Å². The zero-order valence-electron chi connectivity index (χ0n) is 10.6. The number of nitrogens with two attached hydrogens (primary N) is 1. The summed E-state index contributed by atoms with van der Waals surface area (Å²) in [5, 5.41) is 3.81. The fourth-order valence-corrected chi connectivity index (χ4v) is 2.68. The molecule has 3 rings (SSSR count). The maximum Gasteiger partial charge on any atom is 0.252 e. The molecule has 3 N–H and O–H groups in total. The Labute approximate surface area is 120 Å². The number of fused-ring (bicyclic) bond motifs is 1. The summed E-state index contributed by atoms with van der Waals surface area (Å²) in [5.74, 6) is -0.832. The van der Waals surface area contributed by atoms with Gasteiger partial charge in [0, 0.05) is 5.39 Å². The predicted molar refractivity (Wildman–Crippen MR) is 74.5 cm³/mol. The van der Waals surface area contributed by atoms with Gasteiger partial charge in [0.25, 0.3) is 5.91 Å². The Morgan fingerprint density at radius 3 is 2.65 bits per heavy atom. The maximum atomic E-state index is 12.4. The van der Waals surface area contributed by atoms with Crippen LogP contribution in [0.3, 0.4) is 0 Å². The summed E-state index contributed by atoms with van der Waals surface area (Å²) in [4.78, 5) is 23.9. The van der Waals surface area contributed by atoms with Gasteiger partial charge >= 0.3 is 0 Å². The molecule has 0 saturated heterocycles. The molecule has 5 nitrogen and oxygen atoms in total. The standard InChI is InChI=1S/C14H13ClN2O3/c15-10-3-2-9(8-4-7-20-11(8)10)12(18)17-14(13(16)19)5-1-6-14/h2-4,7H,1,5-6H2,(H2,16,19)(H,17,18). The topological polar surface area (TPSA) is 85.3 Å². The molecule has 1 fully saturated rings. The lowest BCUT2D eigenvalue weighted by atomic mass is 9.76. The van der Waals surface area contributed by atoms with E-state index in [0.29, 0.717) is 34.4 Å². The first-order chi connectivity index (χ1) is 9.53. The fraction of sp³-hybridized carbons (Fsp3) is 0.286. The van der Waals surface area contributed by atoms with Gasteiger partial charge in [0.2, 0.25) is 5.91 Å². The van der Waals surface area contributed by atoms with E-state index in [-0.39, 0.29) is 5.91 Å². The molecule has 1 aliphatic rings. The third-order valence-corrected chi connectivity index (χ3v) is 4.14. The Hall–Kier alpha value is -2.01. The Balaban J connectivity index is 1.95. The summed E-state index contributed by atoms with van der Waals surface area (Å²) in [6, 6.07) is 4.89. The van der Waals surface area contributed by atoms with Crippen molar-refractivity contribution >= 4 is 34.4 Å². The number of primary amides is 1. The first-order valence-corrected chi connectivity index (χ1v) is 6.69. The van der Waals surface area contributed by atoms with Crippen LogP contribution in [-0.4, -0.2) is 17.4 Å². The van der Waals surface area contributed by atoms with Gasteiger partial charge in [-0.05, 0) is 37.5 Å². The second kappa shape index (κ2) is 4.52. The van der Waals surface area contributed by atoms with E-state index >= 15 is 0 Å². The van der Waals surface area contributed by atoms with Crippen LogP contribution in [0.1, 0.15) is 29.6 Å². The minimum absolute atomic E-state index is 0.341. The van der Waals surface area contributed by atoms with Crippen LogP contribution in [0, 0.1) is 0 Å². The first kappa shape index (κ1) is 13.0. The van der Waals surface area contributed by atoms with E-state index < -0.39 is 11.4 Å². The van der Waals surface area contributed by atoms with Gasteiger partial charge in [-0.2, -0.15) is 0 Å². The van der Waals surface area contributed by atoms with Gasteiger partial charge in [-0.3, -0.25) is 9.59 Å². The smallest absolute Gasteiger partial charge is 0.252 e. The Morgan fingerprint density at radius 2 is 2.05 bits per heavy atom. The minimum atomic E-state index is -0.910. The average Bonchev–Trinajstić information content (AvgIpc) is 2.83. The number of rotatable bonds is 3. The van der Waals surface area contributed by atoms with Crippen LogP contribution in [-0.2, 0) is 4.79 Å². The molecule has 0 aliphatic heterocycles. The second-order valence-corrected chi connectivity index (χ2v) is 5.42. The van der Waals surface area contributed by atoms with E-state index in [4.69, 9.17) is 21.8 Å². The van der Waals surface area contributed by atoms with Crippen molar-refractivity contribution in [3.63, 3.8) is 0 Å². The summed E-state index contributed by atoms with van der Waals surface area (Å²) >= 11 is 6.00. The molecule has 104 valence electrons. The highest BCUT2D eigenvalue weighted by Gasteiger charge is 2.44. The molecular weight excluding hydrogens is 280 g/mol. The SMILES string of the molecule is NC(=O)C1(NC(=O)c2ccc(Cl)c3occc23)CCC1. The van der Waals surface area contributed by atoms with Crippen molar-refractivity contribution < 1.29 is 14.0 Å². The number of nitrogens with one attached hydrogen (secondary N) is 1. The number of benzene rings is 1. The van der Waals surface area contributed by atoms with E-state index in [1.165, 1.54) is 6.26 Å². The maximum absolute atomic E-state index is 12.4. The highest BCUT2D eigenvalue weighted by molar-refractivity contribution is 6.35. The zero-order valence-corrected chi connectivity index (χ0v) is 11.4. The van der Waals surface area contributed by atoms with Crippen molar-refractivity contribution in [1.29, 1.82) is 0 Å². The molecule has 1 aromatic carbocycles. The lowest BCUT2D eigenvalue weighted by Crippen LogP contribution is -2.61. The van der Waals surface area contributed by atoms with Crippen molar-refractivity contribution in [3.8, 4) is 0 Å². The average molecular weight is 293 g/mol. The van der Waals surface area contributed by atoms with Gasteiger partial charge in [0.15, 0.2) is 5.58 Å². The minimum Gasteiger partial charge on any atom is -0.463 e. The number of amides is 2. The molecular formula is C14H13ClN2O3. The largest absolute Gasteiger partial charge is 0.463 e. The van der Waals surface area contributed by atoms with Crippen LogP contribution >= 0.6 is 11.6 Å². The summed E-state index contributed by atoms with van der Waals surface area (Å²) in [6.07, 6.45) is 3.51. The zero-order chi connectivity index (χ0) is 14.3. The molecule has 1 aliphatic carbocycles. The van der Waals surface area contributed by atoms with Gasteiger partial charge in [-0.15, -0.1) is 0 Å². The van der Waals surface area contributed by atoms with Crippen molar-refractivity contribution in [3.05, 3.63) is 35.0 Å². The highest BCUT2D eigenvalue weighted by atomic mass is 35.5. The molecule has 20 heavy (non-hydrogen) atoms. The summed E-state index contributed by atoms with van der Waals surface area (Å²) in [5.41, 5.74) is 5.35. The summed E-state index contributed by atoms with van der Waals surface area (Å²) in [6.45, 7) is 0. The quantitative estimate of drug-likeness (QED) is 0.909. The van der Waals surface area contributed by atoms with Crippen LogP contribution in [0.25, 0.3) is 11.0 Å². The van der Waals surface area contributed by atoms with E-state index in [1.807, 2.05) is 0 Å². The van der Waals surface area contributed by atoms with Crippen molar-refractivity contribution in [2.24, 2.45) is 5.73 Å². The van der Waals surface area contributed by atoms with Gasteiger partial charge in [0.1, 0.15) is 5.54 Å². The molecule has 0 radical (unpaired) electrons. The molecule has 0 bridgehead atoms. The molecule has 1 aromatic heterocycles. The third-order valence-electron chi connectivity index (χ3n) is 3.84. The number of carbonyl (C=O) groups is 2. The molecule has 2 aromatic rings. The normalized spacial score (nSPS) is 16.6. The Morgan fingerprint density at radius 1 is 1.30 bits per heavy atom. The monoisotopic (exact) mass is 292 g/mol. The number of halogens is 1. The Bertz CT molecular complexity index is 704. The molecule has 2 amide bonds. The van der Waals surface area contributed by atoms with Crippen LogP contribution in [0.5, 0.6) is 0 Å². The van der Waals surface area contributed by atoms with Crippen molar-refractivity contribution in [1.82, 2.24) is 5.32 Å². The Kier molecular flexibility index (Phi) is 2.94. The van der Waals surface area contributed by atoms with Crippen LogP contribution < -0.4 is 11.1 Å². The van der Waals surface area contributed by atoms with Crippen LogP contribution in [0.2, 0.25) is 5.02 Å². The molecule has 1 heterocycles. The summed E-state index contributed by atoms with van der Waals surface area (Å²) < 4.78 is 5.25.